The van der Waals surface area contributed by atoms with E-state index < -0.39 is 0 Å². The molecular weight excluding hydrogens is 170 g/mol. The molecule has 1 N–H and O–H groups in total. The normalized spacial score (nSPS) is 10.3. The van der Waals surface area contributed by atoms with Crippen LogP contribution in [-0.4, -0.2) is 25.5 Å². The van der Waals surface area contributed by atoms with Gasteiger partial charge in [0.2, 0.25) is 0 Å². The van der Waals surface area contributed by atoms with Crippen LogP contribution in [0.4, 0.5) is 0 Å². The van der Waals surface area contributed by atoms with Gasteiger partial charge in [-0.3, -0.25) is 0 Å². The van der Waals surface area contributed by atoms with Crippen molar-refractivity contribution in [1.29, 1.82) is 0 Å². The lowest BCUT2D eigenvalue weighted by molar-refractivity contribution is 0.215. The van der Waals surface area contributed by atoms with Crippen LogP contribution in [0.2, 0.25) is 0 Å². The zero-order valence-corrected chi connectivity index (χ0v) is 7.52. The number of hydrogen-bond acceptors (Lipinski definition) is 4. The first kappa shape index (κ1) is 9.38. The third kappa shape index (κ3) is 2.11. The molecule has 0 heterocycles. The molecule has 0 amide bonds. The number of aromatic hydroxyl groups is 1. The topological polar surface area (TPSA) is 51.0 Å². The van der Waals surface area contributed by atoms with Crippen LogP contribution in [0.1, 0.15) is 5.56 Å². The number of rotatable bonds is 3. The summed E-state index contributed by atoms with van der Waals surface area (Å²) in [5.74, 6) is 0.478. The molecule has 0 bridgehead atoms. The van der Waals surface area contributed by atoms with Gasteiger partial charge in [-0.05, 0) is 12.1 Å². The van der Waals surface area contributed by atoms with Gasteiger partial charge >= 0.3 is 0 Å². The van der Waals surface area contributed by atoms with Gasteiger partial charge in [0.1, 0.15) is 7.11 Å². The molecule has 0 spiro atoms. The standard InChI is InChI=1S/C9H11NO3/c1-12-8-5-3-4-7(9(8)11)6-10-13-2/h3-6,11H,1-2H3/b10-6-. The van der Waals surface area contributed by atoms with Gasteiger partial charge in [-0.15, -0.1) is 0 Å². The minimum Gasteiger partial charge on any atom is -0.504 e. The fraction of sp³-hybridized carbons (Fsp3) is 0.222. The first-order chi connectivity index (χ1) is 6.29. The van der Waals surface area contributed by atoms with Crippen LogP contribution in [0.15, 0.2) is 23.4 Å². The molecule has 0 aliphatic rings. The predicted molar refractivity (Wildman–Crippen MR) is 49.3 cm³/mol. The number of phenolic OH excluding ortho intramolecular Hbond substituents is 1. The number of nitrogens with zero attached hydrogens (tertiary/aromatic N) is 1. The Balaban J connectivity index is 3.01. The molecule has 13 heavy (non-hydrogen) atoms. The zero-order chi connectivity index (χ0) is 9.68. The summed E-state index contributed by atoms with van der Waals surface area (Å²) in [5.41, 5.74) is 0.557. The van der Waals surface area contributed by atoms with Gasteiger partial charge in [0, 0.05) is 5.56 Å². The lowest BCUT2D eigenvalue weighted by atomic mass is 10.2. The SMILES string of the molecule is CO/N=C\c1cccc(OC)c1O. The van der Waals surface area contributed by atoms with Gasteiger partial charge in [0.25, 0.3) is 0 Å². The minimum absolute atomic E-state index is 0.0609. The Bertz CT molecular complexity index is 310. The van der Waals surface area contributed by atoms with Crippen molar-refractivity contribution in [3.63, 3.8) is 0 Å². The highest BCUT2D eigenvalue weighted by molar-refractivity contribution is 5.84. The molecule has 0 aliphatic carbocycles. The van der Waals surface area contributed by atoms with Crippen LogP contribution in [0.5, 0.6) is 11.5 Å². The molecule has 1 rings (SSSR count). The second-order valence-corrected chi connectivity index (χ2v) is 2.32. The molecule has 0 aliphatic heterocycles. The van der Waals surface area contributed by atoms with Crippen molar-refractivity contribution in [2.45, 2.75) is 0 Å². The molecule has 0 radical (unpaired) electrons. The summed E-state index contributed by atoms with van der Waals surface area (Å²) in [4.78, 5) is 4.49. The Morgan fingerprint density at radius 3 is 2.77 bits per heavy atom. The predicted octanol–water partition coefficient (Wildman–Crippen LogP) is 1.38. The van der Waals surface area contributed by atoms with E-state index in [1.165, 1.54) is 20.4 Å². The average Bonchev–Trinajstić information content (AvgIpc) is 2.16. The van der Waals surface area contributed by atoms with E-state index in [1.54, 1.807) is 18.2 Å². The highest BCUT2D eigenvalue weighted by Gasteiger charge is 2.04. The number of oxime groups is 1. The van der Waals surface area contributed by atoms with E-state index in [0.29, 0.717) is 11.3 Å². The summed E-state index contributed by atoms with van der Waals surface area (Å²) >= 11 is 0. The van der Waals surface area contributed by atoms with E-state index in [2.05, 4.69) is 9.99 Å². The number of phenols is 1. The van der Waals surface area contributed by atoms with E-state index in [4.69, 9.17) is 4.74 Å². The van der Waals surface area contributed by atoms with Crippen molar-refractivity contribution in [3.8, 4) is 11.5 Å². The molecule has 0 saturated carbocycles. The Morgan fingerprint density at radius 2 is 2.15 bits per heavy atom. The number of methoxy groups -OCH3 is 1. The maximum atomic E-state index is 9.54. The fourth-order valence-corrected chi connectivity index (χ4v) is 0.918. The van der Waals surface area contributed by atoms with Crippen molar-refractivity contribution in [3.05, 3.63) is 23.8 Å². The third-order valence-corrected chi connectivity index (χ3v) is 1.55. The lowest BCUT2D eigenvalue weighted by Crippen LogP contribution is -1.88. The monoisotopic (exact) mass is 181 g/mol. The number of ether oxygens (including phenoxy) is 1. The number of benzene rings is 1. The molecule has 1 aromatic carbocycles. The summed E-state index contributed by atoms with van der Waals surface area (Å²) in [6.45, 7) is 0. The molecule has 4 heteroatoms. The molecule has 0 fully saturated rings. The highest BCUT2D eigenvalue weighted by atomic mass is 16.6. The molecule has 0 aromatic heterocycles. The first-order valence-electron chi connectivity index (χ1n) is 3.72. The Hall–Kier alpha value is -1.71. The van der Waals surface area contributed by atoms with Crippen LogP contribution < -0.4 is 4.74 Å². The van der Waals surface area contributed by atoms with Crippen LogP contribution in [-0.2, 0) is 4.84 Å². The van der Waals surface area contributed by atoms with E-state index in [0.717, 1.165) is 0 Å². The van der Waals surface area contributed by atoms with Gasteiger partial charge in [0.15, 0.2) is 11.5 Å². The fourth-order valence-electron chi connectivity index (χ4n) is 0.918. The molecule has 1 aromatic rings. The average molecular weight is 181 g/mol. The molecule has 4 nitrogen and oxygen atoms in total. The lowest BCUT2D eigenvalue weighted by Gasteiger charge is -2.04. The van der Waals surface area contributed by atoms with Crippen LogP contribution in [0.3, 0.4) is 0 Å². The maximum Gasteiger partial charge on any atom is 0.166 e. The van der Waals surface area contributed by atoms with Crippen molar-refractivity contribution in [2.24, 2.45) is 5.16 Å². The molecule has 0 saturated heterocycles. The van der Waals surface area contributed by atoms with Crippen LogP contribution >= 0.6 is 0 Å². The van der Waals surface area contributed by atoms with Gasteiger partial charge in [-0.2, -0.15) is 0 Å². The van der Waals surface area contributed by atoms with Crippen molar-refractivity contribution >= 4 is 6.21 Å². The Labute approximate surface area is 76.4 Å². The number of hydrogen-bond donors (Lipinski definition) is 1. The summed E-state index contributed by atoms with van der Waals surface area (Å²) in [6.07, 6.45) is 1.41. The third-order valence-electron chi connectivity index (χ3n) is 1.55. The van der Waals surface area contributed by atoms with Gasteiger partial charge in [-0.1, -0.05) is 11.2 Å². The quantitative estimate of drug-likeness (QED) is 0.566. The van der Waals surface area contributed by atoms with E-state index in [9.17, 15) is 5.11 Å². The second-order valence-electron chi connectivity index (χ2n) is 2.32. The smallest absolute Gasteiger partial charge is 0.166 e. The molecule has 0 unspecified atom stereocenters. The van der Waals surface area contributed by atoms with Gasteiger partial charge in [-0.25, -0.2) is 0 Å². The van der Waals surface area contributed by atoms with E-state index >= 15 is 0 Å². The van der Waals surface area contributed by atoms with Crippen molar-refractivity contribution < 1.29 is 14.7 Å². The summed E-state index contributed by atoms with van der Waals surface area (Å²) in [7, 11) is 2.93. The molecular formula is C9H11NO3. The van der Waals surface area contributed by atoms with E-state index in [-0.39, 0.29) is 5.75 Å². The molecule has 0 atom stereocenters. The molecule has 70 valence electrons. The highest BCUT2D eigenvalue weighted by Crippen LogP contribution is 2.27. The summed E-state index contributed by atoms with van der Waals surface area (Å²) < 4.78 is 4.91. The Morgan fingerprint density at radius 1 is 1.38 bits per heavy atom. The van der Waals surface area contributed by atoms with Crippen LogP contribution in [0.25, 0.3) is 0 Å². The van der Waals surface area contributed by atoms with Gasteiger partial charge in [0.05, 0.1) is 13.3 Å². The van der Waals surface area contributed by atoms with Crippen LogP contribution in [0, 0.1) is 0 Å². The Kier molecular flexibility index (Phi) is 3.14. The zero-order valence-electron chi connectivity index (χ0n) is 7.52. The summed E-state index contributed by atoms with van der Waals surface area (Å²) in [6, 6.07) is 5.13. The van der Waals surface area contributed by atoms with E-state index in [1.807, 2.05) is 0 Å². The van der Waals surface area contributed by atoms with Gasteiger partial charge < -0.3 is 14.7 Å². The first-order valence-corrected chi connectivity index (χ1v) is 3.72. The summed E-state index contributed by atoms with van der Waals surface area (Å²) in [5, 5.41) is 13.1. The van der Waals surface area contributed by atoms with Crippen molar-refractivity contribution in [1.82, 2.24) is 0 Å². The number of para-hydroxylation sites is 1. The second kappa shape index (κ2) is 4.35. The maximum absolute atomic E-state index is 9.54. The minimum atomic E-state index is 0.0609. The largest absolute Gasteiger partial charge is 0.504 e. The van der Waals surface area contributed by atoms with Crippen molar-refractivity contribution in [2.75, 3.05) is 14.2 Å².